The molecule has 98 valence electrons. The van der Waals surface area contributed by atoms with Gasteiger partial charge in [-0.05, 0) is 32.0 Å². The summed E-state index contributed by atoms with van der Waals surface area (Å²) in [4.78, 5) is 0. The highest BCUT2D eigenvalue weighted by atomic mass is 16.5. The summed E-state index contributed by atoms with van der Waals surface area (Å²) in [6, 6.07) is 2.11. The lowest BCUT2D eigenvalue weighted by atomic mass is 10.3. The number of aryl methyl sites for hydroxylation is 1. The molecule has 1 heterocycles. The van der Waals surface area contributed by atoms with Crippen molar-refractivity contribution in [2.45, 2.75) is 26.3 Å². The second-order valence-corrected chi connectivity index (χ2v) is 4.01. The monoisotopic (exact) mass is 240 g/mol. The maximum absolute atomic E-state index is 4.95. The van der Waals surface area contributed by atoms with E-state index >= 15 is 0 Å². The Morgan fingerprint density at radius 2 is 2.12 bits per heavy atom. The Kier molecular flexibility index (Phi) is 7.62. The molecule has 0 aliphatic carbocycles. The summed E-state index contributed by atoms with van der Waals surface area (Å²) in [6.45, 7) is 6.72. The van der Waals surface area contributed by atoms with Crippen molar-refractivity contribution >= 4 is 0 Å². The lowest BCUT2D eigenvalue weighted by molar-refractivity contribution is 0.199. The van der Waals surface area contributed by atoms with Crippen LogP contribution in [-0.2, 0) is 17.7 Å². The lowest BCUT2D eigenvalue weighted by Gasteiger charge is -2.04. The molecule has 0 fully saturated rings. The standard InChI is InChI=1S/C12H24N4O/c1-3-11-9-12(16-15-11)10-14-6-4-5-13-7-8-17-2/h9,13-14H,3-8,10H2,1-2H3,(H,15,16). The van der Waals surface area contributed by atoms with Gasteiger partial charge in [-0.1, -0.05) is 6.92 Å². The Morgan fingerprint density at radius 3 is 2.82 bits per heavy atom. The largest absolute Gasteiger partial charge is 0.383 e. The predicted molar refractivity (Wildman–Crippen MR) is 69.0 cm³/mol. The van der Waals surface area contributed by atoms with Gasteiger partial charge < -0.3 is 15.4 Å². The molecule has 0 saturated heterocycles. The molecule has 0 aromatic carbocycles. The molecule has 0 amide bonds. The average Bonchev–Trinajstić information content (AvgIpc) is 2.80. The van der Waals surface area contributed by atoms with E-state index < -0.39 is 0 Å². The third-order valence-electron chi connectivity index (χ3n) is 2.55. The van der Waals surface area contributed by atoms with Crippen molar-refractivity contribution in [1.82, 2.24) is 20.8 Å². The maximum atomic E-state index is 4.95. The highest BCUT2D eigenvalue weighted by Gasteiger charge is 1.97. The van der Waals surface area contributed by atoms with Crippen LogP contribution in [-0.4, -0.2) is 43.5 Å². The Morgan fingerprint density at radius 1 is 1.29 bits per heavy atom. The number of ether oxygens (including phenoxy) is 1. The van der Waals surface area contributed by atoms with E-state index in [4.69, 9.17) is 4.74 Å². The highest BCUT2D eigenvalue weighted by Crippen LogP contribution is 1.99. The van der Waals surface area contributed by atoms with E-state index in [-0.39, 0.29) is 0 Å². The molecule has 0 saturated carbocycles. The third-order valence-corrected chi connectivity index (χ3v) is 2.55. The van der Waals surface area contributed by atoms with Crippen LogP contribution in [0.3, 0.4) is 0 Å². The summed E-state index contributed by atoms with van der Waals surface area (Å²) in [6.07, 6.45) is 2.11. The van der Waals surface area contributed by atoms with Crippen LogP contribution >= 0.6 is 0 Å². The molecule has 1 aromatic rings. The van der Waals surface area contributed by atoms with Gasteiger partial charge in [-0.25, -0.2) is 0 Å². The van der Waals surface area contributed by atoms with Crippen LogP contribution in [0.15, 0.2) is 6.07 Å². The number of nitrogens with one attached hydrogen (secondary N) is 3. The summed E-state index contributed by atoms with van der Waals surface area (Å²) in [5.74, 6) is 0. The third kappa shape index (κ3) is 6.41. The first-order valence-corrected chi connectivity index (χ1v) is 6.30. The molecule has 1 rings (SSSR count). The van der Waals surface area contributed by atoms with Gasteiger partial charge in [-0.2, -0.15) is 5.10 Å². The van der Waals surface area contributed by atoms with Crippen molar-refractivity contribution in [2.24, 2.45) is 0 Å². The zero-order valence-electron chi connectivity index (χ0n) is 10.9. The Bertz CT molecular complexity index is 288. The molecule has 0 atom stereocenters. The zero-order chi connectivity index (χ0) is 12.3. The fraction of sp³-hybridized carbons (Fsp3) is 0.750. The van der Waals surface area contributed by atoms with Gasteiger partial charge in [0, 0.05) is 25.9 Å². The summed E-state index contributed by atoms with van der Waals surface area (Å²) < 4.78 is 4.95. The number of aromatic amines is 1. The van der Waals surface area contributed by atoms with Gasteiger partial charge in [0.25, 0.3) is 0 Å². The van der Waals surface area contributed by atoms with Crippen LogP contribution in [0, 0.1) is 0 Å². The van der Waals surface area contributed by atoms with E-state index in [1.165, 1.54) is 0 Å². The minimum atomic E-state index is 0.779. The molecule has 0 aliphatic rings. The second-order valence-electron chi connectivity index (χ2n) is 4.01. The van der Waals surface area contributed by atoms with Crippen LogP contribution in [0.2, 0.25) is 0 Å². The summed E-state index contributed by atoms with van der Waals surface area (Å²) in [7, 11) is 1.72. The van der Waals surface area contributed by atoms with Crippen molar-refractivity contribution in [3.05, 3.63) is 17.5 Å². The molecule has 0 bridgehead atoms. The van der Waals surface area contributed by atoms with Crippen molar-refractivity contribution in [3.8, 4) is 0 Å². The van der Waals surface area contributed by atoms with Crippen molar-refractivity contribution in [3.63, 3.8) is 0 Å². The number of aromatic nitrogens is 2. The molecule has 0 radical (unpaired) electrons. The quantitative estimate of drug-likeness (QED) is 0.527. The molecule has 0 aliphatic heterocycles. The van der Waals surface area contributed by atoms with E-state index in [2.05, 4.69) is 33.8 Å². The minimum absolute atomic E-state index is 0.779. The number of hydrogen-bond acceptors (Lipinski definition) is 4. The first-order chi connectivity index (χ1) is 8.36. The van der Waals surface area contributed by atoms with Crippen LogP contribution < -0.4 is 10.6 Å². The summed E-state index contributed by atoms with van der Waals surface area (Å²) >= 11 is 0. The van der Waals surface area contributed by atoms with Gasteiger partial charge in [-0.3, -0.25) is 5.10 Å². The molecular formula is C12H24N4O. The van der Waals surface area contributed by atoms with Crippen LogP contribution in [0.1, 0.15) is 24.7 Å². The molecule has 1 aromatic heterocycles. The average molecular weight is 240 g/mol. The maximum Gasteiger partial charge on any atom is 0.0622 e. The molecule has 17 heavy (non-hydrogen) atoms. The molecule has 0 unspecified atom stereocenters. The van der Waals surface area contributed by atoms with Crippen LogP contribution in [0.25, 0.3) is 0 Å². The SMILES string of the molecule is CCc1cc(CNCCCNCCOC)[nH]n1. The van der Waals surface area contributed by atoms with Gasteiger partial charge in [0.2, 0.25) is 0 Å². The molecular weight excluding hydrogens is 216 g/mol. The molecule has 0 spiro atoms. The van der Waals surface area contributed by atoms with Gasteiger partial charge >= 0.3 is 0 Å². The fourth-order valence-electron chi connectivity index (χ4n) is 1.54. The number of rotatable bonds is 10. The van der Waals surface area contributed by atoms with Gasteiger partial charge in [0.15, 0.2) is 0 Å². The predicted octanol–water partition coefficient (Wildman–Crippen LogP) is 0.688. The van der Waals surface area contributed by atoms with E-state index in [0.29, 0.717) is 0 Å². The van der Waals surface area contributed by atoms with Crippen molar-refractivity contribution in [1.29, 1.82) is 0 Å². The summed E-state index contributed by atoms with van der Waals surface area (Å²) in [5.41, 5.74) is 2.29. The zero-order valence-corrected chi connectivity index (χ0v) is 10.9. The van der Waals surface area contributed by atoms with Crippen LogP contribution in [0.5, 0.6) is 0 Å². The Balaban J connectivity index is 1.93. The number of H-pyrrole nitrogens is 1. The smallest absolute Gasteiger partial charge is 0.0622 e. The topological polar surface area (TPSA) is 62.0 Å². The first-order valence-electron chi connectivity index (χ1n) is 6.30. The minimum Gasteiger partial charge on any atom is -0.383 e. The van der Waals surface area contributed by atoms with Gasteiger partial charge in [-0.15, -0.1) is 0 Å². The van der Waals surface area contributed by atoms with Gasteiger partial charge in [0.05, 0.1) is 12.3 Å². The number of methoxy groups -OCH3 is 1. The highest BCUT2D eigenvalue weighted by molar-refractivity contribution is 5.07. The normalized spacial score (nSPS) is 10.9. The Labute approximate surface area is 103 Å². The van der Waals surface area contributed by atoms with Crippen molar-refractivity contribution < 1.29 is 4.74 Å². The lowest BCUT2D eigenvalue weighted by Crippen LogP contribution is -2.24. The van der Waals surface area contributed by atoms with Crippen molar-refractivity contribution in [2.75, 3.05) is 33.4 Å². The second kappa shape index (κ2) is 9.15. The summed E-state index contributed by atoms with van der Waals surface area (Å²) in [5, 5.41) is 13.9. The molecule has 5 nitrogen and oxygen atoms in total. The number of hydrogen-bond donors (Lipinski definition) is 3. The first kappa shape index (κ1) is 14.2. The van der Waals surface area contributed by atoms with Crippen LogP contribution in [0.4, 0.5) is 0 Å². The fourth-order valence-corrected chi connectivity index (χ4v) is 1.54. The molecule has 5 heteroatoms. The molecule has 3 N–H and O–H groups in total. The Hall–Kier alpha value is -0.910. The van der Waals surface area contributed by atoms with Gasteiger partial charge in [0.1, 0.15) is 0 Å². The van der Waals surface area contributed by atoms with E-state index in [9.17, 15) is 0 Å². The van der Waals surface area contributed by atoms with E-state index in [0.717, 1.165) is 57.0 Å². The van der Waals surface area contributed by atoms with E-state index in [1.807, 2.05) is 0 Å². The number of nitrogens with zero attached hydrogens (tertiary/aromatic N) is 1. The van der Waals surface area contributed by atoms with E-state index in [1.54, 1.807) is 7.11 Å².